The van der Waals surface area contributed by atoms with Crippen molar-refractivity contribution in [1.82, 2.24) is 5.32 Å². The van der Waals surface area contributed by atoms with E-state index in [0.717, 1.165) is 6.07 Å². The number of ether oxygens (including phenoxy) is 1. The summed E-state index contributed by atoms with van der Waals surface area (Å²) in [6.07, 6.45) is -0.692. The number of ketones is 1. The molecule has 0 aliphatic carbocycles. The highest BCUT2D eigenvalue weighted by Gasteiger charge is 2.19. The summed E-state index contributed by atoms with van der Waals surface area (Å²) in [4.78, 5) is 23.6. The predicted molar refractivity (Wildman–Crippen MR) is 74.5 cm³/mol. The molecule has 0 fully saturated rings. The van der Waals surface area contributed by atoms with E-state index in [1.165, 1.54) is 12.1 Å². The number of amides is 1. The van der Waals surface area contributed by atoms with Crippen LogP contribution in [-0.4, -0.2) is 31.1 Å². The zero-order valence-electron chi connectivity index (χ0n) is 12.0. The minimum atomic E-state index is -0.692. The summed E-state index contributed by atoms with van der Waals surface area (Å²) in [5, 5.41) is 5.15. The van der Waals surface area contributed by atoms with Crippen molar-refractivity contribution < 1.29 is 18.7 Å². The summed E-state index contributed by atoms with van der Waals surface area (Å²) in [6, 6.07) is 3.59. The van der Waals surface area contributed by atoms with E-state index >= 15 is 0 Å². The molecule has 20 heavy (non-hydrogen) atoms. The molecule has 0 heterocycles. The van der Waals surface area contributed by atoms with Crippen molar-refractivity contribution in [3.8, 4) is 0 Å². The Morgan fingerprint density at radius 3 is 2.50 bits per heavy atom. The molecule has 0 aromatic heterocycles. The van der Waals surface area contributed by atoms with E-state index < -0.39 is 17.5 Å². The molecule has 6 heteroatoms. The molecule has 0 aliphatic heterocycles. The summed E-state index contributed by atoms with van der Waals surface area (Å²) >= 11 is 0. The number of Topliss-reactive ketones (excluding diaryl/α,β-unsaturated/α-hetero) is 1. The largest absolute Gasteiger partial charge is 0.444 e. The molecule has 1 aromatic rings. The lowest BCUT2D eigenvalue weighted by Crippen LogP contribution is -2.28. The van der Waals surface area contributed by atoms with Gasteiger partial charge < -0.3 is 10.1 Å². The van der Waals surface area contributed by atoms with Gasteiger partial charge in [0.15, 0.2) is 5.78 Å². The lowest BCUT2D eigenvalue weighted by Gasteiger charge is -2.20. The number of hydrogen-bond acceptors (Lipinski definition) is 4. The quantitative estimate of drug-likeness (QED) is 0.833. The maximum absolute atomic E-state index is 13.2. The molecule has 0 spiro atoms. The van der Waals surface area contributed by atoms with E-state index in [4.69, 9.17) is 4.74 Å². The van der Waals surface area contributed by atoms with Gasteiger partial charge in [0, 0.05) is 5.56 Å². The third-order valence-electron chi connectivity index (χ3n) is 2.25. The summed E-state index contributed by atoms with van der Waals surface area (Å²) in [5.41, 5.74) is -0.328. The number of carbonyl (C=O) groups is 2. The van der Waals surface area contributed by atoms with Gasteiger partial charge in [-0.05, 0) is 46.0 Å². The molecular weight excluding hydrogens is 263 g/mol. The second-order valence-electron chi connectivity index (χ2n) is 5.27. The topological polar surface area (TPSA) is 67.4 Å². The third-order valence-corrected chi connectivity index (χ3v) is 2.25. The summed E-state index contributed by atoms with van der Waals surface area (Å²) in [6.45, 7) is 5.23. The van der Waals surface area contributed by atoms with Gasteiger partial charge in [0.1, 0.15) is 11.4 Å². The lowest BCUT2D eigenvalue weighted by molar-refractivity contribution is 0.0636. The van der Waals surface area contributed by atoms with E-state index in [1.807, 2.05) is 0 Å². The van der Waals surface area contributed by atoms with Crippen LogP contribution in [0.25, 0.3) is 0 Å². The van der Waals surface area contributed by atoms with Crippen molar-refractivity contribution in [2.45, 2.75) is 26.4 Å². The van der Waals surface area contributed by atoms with Crippen LogP contribution in [0.2, 0.25) is 0 Å². The zero-order valence-corrected chi connectivity index (χ0v) is 12.0. The van der Waals surface area contributed by atoms with Crippen LogP contribution >= 0.6 is 0 Å². The van der Waals surface area contributed by atoms with Gasteiger partial charge in [-0.2, -0.15) is 0 Å². The van der Waals surface area contributed by atoms with E-state index in [9.17, 15) is 14.0 Å². The first-order valence-corrected chi connectivity index (χ1v) is 6.20. The Morgan fingerprint density at radius 1 is 1.30 bits per heavy atom. The lowest BCUT2D eigenvalue weighted by atomic mass is 10.1. The van der Waals surface area contributed by atoms with Gasteiger partial charge in [0.25, 0.3) is 0 Å². The molecule has 5 nitrogen and oxygen atoms in total. The molecule has 1 amide bonds. The van der Waals surface area contributed by atoms with Crippen LogP contribution in [-0.2, 0) is 4.74 Å². The number of likely N-dealkylation sites (N-methyl/N-ethyl adjacent to an activating group) is 1. The van der Waals surface area contributed by atoms with Crippen LogP contribution < -0.4 is 10.6 Å². The minimum Gasteiger partial charge on any atom is -0.444 e. The molecule has 0 bridgehead atoms. The summed E-state index contributed by atoms with van der Waals surface area (Å²) in [7, 11) is 1.61. The molecule has 0 unspecified atom stereocenters. The highest BCUT2D eigenvalue weighted by molar-refractivity contribution is 6.05. The Morgan fingerprint density at radius 2 is 1.95 bits per heavy atom. The first-order chi connectivity index (χ1) is 9.23. The average molecular weight is 282 g/mol. The number of anilines is 1. The van der Waals surface area contributed by atoms with Gasteiger partial charge in [-0.25, -0.2) is 9.18 Å². The van der Waals surface area contributed by atoms with E-state index in [1.54, 1.807) is 27.8 Å². The first-order valence-electron chi connectivity index (χ1n) is 6.20. The Labute approximate surface area is 117 Å². The molecule has 0 saturated heterocycles. The molecule has 0 aliphatic rings. The molecule has 110 valence electrons. The molecule has 0 saturated carbocycles. The Kier molecular flexibility index (Phi) is 5.21. The number of carbonyl (C=O) groups excluding carboxylic acids is 2. The molecular formula is C14H19FN2O3. The van der Waals surface area contributed by atoms with E-state index in [0.29, 0.717) is 0 Å². The molecule has 0 radical (unpaired) electrons. The van der Waals surface area contributed by atoms with Gasteiger partial charge in [0.05, 0.1) is 12.2 Å². The van der Waals surface area contributed by atoms with Crippen LogP contribution in [0.5, 0.6) is 0 Å². The zero-order chi connectivity index (χ0) is 15.3. The van der Waals surface area contributed by atoms with Crippen molar-refractivity contribution in [3.63, 3.8) is 0 Å². The highest BCUT2D eigenvalue weighted by atomic mass is 19.1. The second kappa shape index (κ2) is 6.47. The maximum atomic E-state index is 13.2. The van der Waals surface area contributed by atoms with Crippen LogP contribution in [0.1, 0.15) is 31.1 Å². The van der Waals surface area contributed by atoms with Gasteiger partial charge >= 0.3 is 6.09 Å². The number of nitrogens with one attached hydrogen (secondary N) is 2. The monoisotopic (exact) mass is 282 g/mol. The van der Waals surface area contributed by atoms with Crippen LogP contribution in [0.15, 0.2) is 18.2 Å². The fourth-order valence-electron chi connectivity index (χ4n) is 1.53. The average Bonchev–Trinajstić information content (AvgIpc) is 2.29. The molecule has 2 N–H and O–H groups in total. The Bertz CT molecular complexity index is 510. The van der Waals surface area contributed by atoms with Gasteiger partial charge in [-0.1, -0.05) is 0 Å². The van der Waals surface area contributed by atoms with Crippen molar-refractivity contribution in [2.24, 2.45) is 0 Å². The van der Waals surface area contributed by atoms with Gasteiger partial charge in [-0.15, -0.1) is 0 Å². The highest BCUT2D eigenvalue weighted by Crippen LogP contribution is 2.19. The number of benzene rings is 1. The molecule has 1 aromatic carbocycles. The van der Waals surface area contributed by atoms with Crippen LogP contribution in [0.4, 0.5) is 14.9 Å². The number of rotatable bonds is 4. The summed E-state index contributed by atoms with van der Waals surface area (Å²) in [5.74, 6) is -0.864. The number of halogens is 1. The standard InChI is InChI=1S/C14H19FN2O3/c1-14(2,3)20-13(19)17-11-6-5-9(15)7-10(11)12(18)8-16-4/h5-7,16H,8H2,1-4H3,(H,17,19). The summed E-state index contributed by atoms with van der Waals surface area (Å²) < 4.78 is 18.3. The van der Waals surface area contributed by atoms with Crippen molar-refractivity contribution in [3.05, 3.63) is 29.6 Å². The van der Waals surface area contributed by atoms with Crippen LogP contribution in [0, 0.1) is 5.82 Å². The van der Waals surface area contributed by atoms with Crippen molar-refractivity contribution in [1.29, 1.82) is 0 Å². The fourth-order valence-corrected chi connectivity index (χ4v) is 1.53. The van der Waals surface area contributed by atoms with E-state index in [-0.39, 0.29) is 23.6 Å². The normalized spacial score (nSPS) is 11.1. The molecule has 1 rings (SSSR count). The molecule has 0 atom stereocenters. The van der Waals surface area contributed by atoms with Gasteiger partial charge in [-0.3, -0.25) is 10.1 Å². The first kappa shape index (κ1) is 16.1. The Hall–Kier alpha value is -1.95. The minimum absolute atomic E-state index is 0.0481. The predicted octanol–water partition coefficient (Wildman–Crippen LogP) is 2.57. The number of hydrogen-bond donors (Lipinski definition) is 2. The Balaban J connectivity index is 2.94. The second-order valence-corrected chi connectivity index (χ2v) is 5.27. The third kappa shape index (κ3) is 4.97. The fraction of sp³-hybridized carbons (Fsp3) is 0.429. The van der Waals surface area contributed by atoms with E-state index in [2.05, 4.69) is 10.6 Å². The van der Waals surface area contributed by atoms with Crippen molar-refractivity contribution >= 4 is 17.6 Å². The smallest absolute Gasteiger partial charge is 0.412 e. The maximum Gasteiger partial charge on any atom is 0.412 e. The van der Waals surface area contributed by atoms with Crippen LogP contribution in [0.3, 0.4) is 0 Å². The van der Waals surface area contributed by atoms with Crippen molar-refractivity contribution in [2.75, 3.05) is 18.9 Å². The van der Waals surface area contributed by atoms with Gasteiger partial charge in [0.2, 0.25) is 0 Å². The SMILES string of the molecule is CNCC(=O)c1cc(F)ccc1NC(=O)OC(C)(C)C.